The van der Waals surface area contributed by atoms with Gasteiger partial charge in [0.15, 0.2) is 0 Å². The van der Waals surface area contributed by atoms with Gasteiger partial charge in [-0.25, -0.2) is 0 Å². The fourth-order valence-electron chi connectivity index (χ4n) is 3.94. The molecule has 1 heterocycles. The van der Waals surface area contributed by atoms with E-state index < -0.39 is 17.7 Å². The number of hydrogen-bond acceptors (Lipinski definition) is 5. The summed E-state index contributed by atoms with van der Waals surface area (Å²) < 4.78 is 5.24. The number of likely N-dealkylation sites (tertiary alicyclic amines) is 1. The number of methoxy groups -OCH3 is 1. The first-order chi connectivity index (χ1) is 14.7. The Morgan fingerprint density at radius 3 is 2.35 bits per heavy atom. The summed E-state index contributed by atoms with van der Waals surface area (Å²) >= 11 is 0. The molecular weight excluding hydrogens is 392 g/mol. The minimum Gasteiger partial charge on any atom is -0.507 e. The summed E-state index contributed by atoms with van der Waals surface area (Å²) in [6.45, 7) is 5.05. The summed E-state index contributed by atoms with van der Waals surface area (Å²) in [5.41, 5.74) is 3.30. The number of nitrogens with zero attached hydrogens (tertiary/aromatic N) is 2. The summed E-state index contributed by atoms with van der Waals surface area (Å²) in [6, 6.07) is 12.4. The van der Waals surface area contributed by atoms with Gasteiger partial charge in [-0.3, -0.25) is 9.59 Å². The smallest absolute Gasteiger partial charge is 0.295 e. The largest absolute Gasteiger partial charge is 0.507 e. The molecule has 0 aromatic heterocycles. The van der Waals surface area contributed by atoms with E-state index in [1.807, 2.05) is 57.1 Å². The van der Waals surface area contributed by atoms with Crippen LogP contribution in [0.25, 0.3) is 5.76 Å². The van der Waals surface area contributed by atoms with Crippen molar-refractivity contribution in [3.63, 3.8) is 0 Å². The van der Waals surface area contributed by atoms with Crippen LogP contribution in [-0.4, -0.2) is 60.9 Å². The average Bonchev–Trinajstić information content (AvgIpc) is 2.98. The van der Waals surface area contributed by atoms with Gasteiger partial charge >= 0.3 is 0 Å². The summed E-state index contributed by atoms with van der Waals surface area (Å²) in [7, 11) is 5.51. The van der Waals surface area contributed by atoms with Crippen molar-refractivity contribution in [2.24, 2.45) is 0 Å². The maximum atomic E-state index is 13.1. The maximum Gasteiger partial charge on any atom is 0.295 e. The summed E-state index contributed by atoms with van der Waals surface area (Å²) in [5.74, 6) is -0.715. The monoisotopic (exact) mass is 422 g/mol. The Hall–Kier alpha value is -3.12. The number of hydrogen-bond donors (Lipinski definition) is 1. The molecular formula is C25H30N2O4. The zero-order valence-corrected chi connectivity index (χ0v) is 18.8. The molecule has 1 aliphatic heterocycles. The molecule has 1 saturated heterocycles. The number of Topliss-reactive ketones (excluding diaryl/α,β-unsaturated/α-hetero) is 1. The molecule has 1 amide bonds. The molecule has 2 aromatic carbocycles. The van der Waals surface area contributed by atoms with Crippen LogP contribution in [0.1, 0.15) is 34.7 Å². The molecule has 0 aliphatic carbocycles. The Labute approximate surface area is 183 Å². The molecule has 31 heavy (non-hydrogen) atoms. The SMILES string of the molecule is COc1ccc(C(O)=C2C(=O)C(=O)N(CCCN(C)C)[C@@H]2c2ccc(C)cc2)c(C)c1. The van der Waals surface area contributed by atoms with Gasteiger partial charge in [0.05, 0.1) is 18.7 Å². The van der Waals surface area contributed by atoms with Crippen molar-refractivity contribution >= 4 is 17.4 Å². The molecule has 6 nitrogen and oxygen atoms in total. The lowest BCUT2D eigenvalue weighted by molar-refractivity contribution is -0.139. The quantitative estimate of drug-likeness (QED) is 0.419. The standard InChI is InChI=1S/C25H30N2O4/c1-16-7-9-18(10-8-16)22-21(23(28)20-12-11-19(31-5)15-17(20)2)24(29)25(30)27(22)14-6-13-26(3)4/h7-12,15,22,28H,6,13-14H2,1-5H3/t22-/m1/s1. The van der Waals surface area contributed by atoms with E-state index in [1.54, 1.807) is 30.2 Å². The van der Waals surface area contributed by atoms with Crippen molar-refractivity contribution in [1.82, 2.24) is 9.80 Å². The normalized spacial score (nSPS) is 18.1. The van der Waals surface area contributed by atoms with Crippen LogP contribution in [0, 0.1) is 13.8 Å². The van der Waals surface area contributed by atoms with Crippen molar-refractivity contribution in [3.8, 4) is 5.75 Å². The number of carbonyl (C=O) groups is 2. The zero-order chi connectivity index (χ0) is 22.7. The third kappa shape index (κ3) is 4.64. The number of aliphatic hydroxyl groups is 1. The van der Waals surface area contributed by atoms with Crippen molar-refractivity contribution < 1.29 is 19.4 Å². The fourth-order valence-corrected chi connectivity index (χ4v) is 3.94. The molecule has 1 N–H and O–H groups in total. The van der Waals surface area contributed by atoms with Gasteiger partial charge < -0.3 is 19.6 Å². The highest BCUT2D eigenvalue weighted by Gasteiger charge is 2.45. The van der Waals surface area contributed by atoms with Gasteiger partial charge in [0, 0.05) is 12.1 Å². The molecule has 2 aromatic rings. The lowest BCUT2D eigenvalue weighted by Gasteiger charge is -2.26. The Bertz CT molecular complexity index is 1010. The summed E-state index contributed by atoms with van der Waals surface area (Å²) in [4.78, 5) is 29.7. The summed E-state index contributed by atoms with van der Waals surface area (Å²) in [5, 5.41) is 11.2. The van der Waals surface area contributed by atoms with Crippen LogP contribution < -0.4 is 4.74 Å². The van der Waals surface area contributed by atoms with Crippen molar-refractivity contribution in [3.05, 3.63) is 70.3 Å². The second-order valence-corrected chi connectivity index (χ2v) is 8.24. The Morgan fingerprint density at radius 2 is 1.77 bits per heavy atom. The van der Waals surface area contributed by atoms with E-state index >= 15 is 0 Å². The molecule has 3 rings (SSSR count). The predicted molar refractivity (Wildman–Crippen MR) is 121 cm³/mol. The van der Waals surface area contributed by atoms with E-state index in [1.165, 1.54) is 0 Å². The highest BCUT2D eigenvalue weighted by atomic mass is 16.5. The van der Waals surface area contributed by atoms with Crippen LogP contribution in [0.15, 0.2) is 48.0 Å². The van der Waals surface area contributed by atoms with Crippen LogP contribution >= 0.6 is 0 Å². The molecule has 6 heteroatoms. The van der Waals surface area contributed by atoms with Crippen LogP contribution in [0.5, 0.6) is 5.75 Å². The Kier molecular flexibility index (Phi) is 6.81. The first kappa shape index (κ1) is 22.6. The van der Waals surface area contributed by atoms with Crippen LogP contribution in [0.4, 0.5) is 0 Å². The molecule has 1 aliphatic rings. The molecule has 164 valence electrons. The van der Waals surface area contributed by atoms with E-state index in [4.69, 9.17) is 4.74 Å². The van der Waals surface area contributed by atoms with Crippen LogP contribution in [0.2, 0.25) is 0 Å². The average molecular weight is 423 g/mol. The second-order valence-electron chi connectivity index (χ2n) is 8.24. The number of aliphatic hydroxyl groups excluding tert-OH is 1. The van der Waals surface area contributed by atoms with E-state index in [0.29, 0.717) is 17.9 Å². The van der Waals surface area contributed by atoms with E-state index in [2.05, 4.69) is 0 Å². The molecule has 0 saturated carbocycles. The number of amides is 1. The minimum atomic E-state index is -0.650. The number of ether oxygens (including phenoxy) is 1. The van der Waals surface area contributed by atoms with Crippen molar-refractivity contribution in [2.75, 3.05) is 34.3 Å². The third-order valence-electron chi connectivity index (χ3n) is 5.63. The molecule has 1 fully saturated rings. The van der Waals surface area contributed by atoms with Gasteiger partial charge in [-0.2, -0.15) is 0 Å². The number of carbonyl (C=O) groups excluding carboxylic acids is 2. The lowest BCUT2D eigenvalue weighted by Crippen LogP contribution is -2.32. The first-order valence-corrected chi connectivity index (χ1v) is 10.4. The molecule has 0 bridgehead atoms. The first-order valence-electron chi connectivity index (χ1n) is 10.4. The third-order valence-corrected chi connectivity index (χ3v) is 5.63. The number of aryl methyl sites for hydroxylation is 2. The number of rotatable bonds is 7. The Morgan fingerprint density at radius 1 is 1.10 bits per heavy atom. The van der Waals surface area contributed by atoms with Crippen LogP contribution in [0.3, 0.4) is 0 Å². The minimum absolute atomic E-state index is 0.131. The molecule has 0 unspecified atom stereocenters. The Balaban J connectivity index is 2.11. The summed E-state index contributed by atoms with van der Waals surface area (Å²) in [6.07, 6.45) is 0.726. The van der Waals surface area contributed by atoms with Gasteiger partial charge in [0.2, 0.25) is 0 Å². The lowest BCUT2D eigenvalue weighted by atomic mass is 9.93. The highest BCUT2D eigenvalue weighted by molar-refractivity contribution is 6.46. The van der Waals surface area contributed by atoms with Gasteiger partial charge in [-0.15, -0.1) is 0 Å². The zero-order valence-electron chi connectivity index (χ0n) is 18.8. The number of ketones is 1. The predicted octanol–water partition coefficient (Wildman–Crippen LogP) is 3.69. The number of benzene rings is 2. The van der Waals surface area contributed by atoms with Gasteiger partial charge in [0.1, 0.15) is 11.5 Å². The van der Waals surface area contributed by atoms with Gasteiger partial charge in [0.25, 0.3) is 11.7 Å². The maximum absolute atomic E-state index is 13.1. The highest BCUT2D eigenvalue weighted by Crippen LogP contribution is 2.40. The van der Waals surface area contributed by atoms with Crippen molar-refractivity contribution in [2.45, 2.75) is 26.3 Å². The van der Waals surface area contributed by atoms with Gasteiger partial charge in [-0.05, 0) is 70.2 Å². The fraction of sp³-hybridized carbons (Fsp3) is 0.360. The van der Waals surface area contributed by atoms with Gasteiger partial charge in [-0.1, -0.05) is 29.8 Å². The van der Waals surface area contributed by atoms with Crippen LogP contribution in [-0.2, 0) is 9.59 Å². The van der Waals surface area contributed by atoms with E-state index in [0.717, 1.165) is 29.7 Å². The molecule has 1 atom stereocenters. The van der Waals surface area contributed by atoms with Crippen molar-refractivity contribution in [1.29, 1.82) is 0 Å². The second kappa shape index (κ2) is 9.35. The molecule has 0 radical (unpaired) electrons. The topological polar surface area (TPSA) is 70.1 Å². The molecule has 0 spiro atoms. The van der Waals surface area contributed by atoms with E-state index in [9.17, 15) is 14.7 Å². The van der Waals surface area contributed by atoms with E-state index in [-0.39, 0.29) is 11.3 Å².